The van der Waals surface area contributed by atoms with Gasteiger partial charge in [-0.3, -0.25) is 0 Å². The molecule has 2 amide bonds. The van der Waals surface area contributed by atoms with E-state index in [0.717, 1.165) is 24.3 Å². The number of nitrogens with zero attached hydrogens (tertiary/aromatic N) is 1. The molecular formula is C18H22N4O. The van der Waals surface area contributed by atoms with Crippen LogP contribution in [0.3, 0.4) is 0 Å². The lowest BCUT2D eigenvalue weighted by atomic mass is 9.96. The molecule has 1 saturated carbocycles. The van der Waals surface area contributed by atoms with E-state index in [1.807, 2.05) is 42.5 Å². The van der Waals surface area contributed by atoms with Crippen LogP contribution in [0, 0.1) is 0 Å². The highest BCUT2D eigenvalue weighted by molar-refractivity contribution is 5.89. The Bertz CT molecular complexity index is 621. The summed E-state index contributed by atoms with van der Waals surface area (Å²) in [4.78, 5) is 16.3. The number of pyridine rings is 1. The number of carbonyl (C=O) groups excluding carboxylic acids is 1. The fourth-order valence-corrected chi connectivity index (χ4v) is 2.81. The number of carbonyl (C=O) groups is 1. The van der Waals surface area contributed by atoms with Gasteiger partial charge in [0.15, 0.2) is 0 Å². The first-order valence-corrected chi connectivity index (χ1v) is 8.15. The normalized spacial score (nSPS) is 15.0. The average Bonchev–Trinajstić information content (AvgIpc) is 2.58. The molecule has 1 aliphatic carbocycles. The van der Waals surface area contributed by atoms with Crippen molar-refractivity contribution in [2.75, 3.05) is 10.6 Å². The van der Waals surface area contributed by atoms with Crippen LogP contribution in [0.15, 0.2) is 48.7 Å². The molecule has 0 atom stereocenters. The Labute approximate surface area is 136 Å². The van der Waals surface area contributed by atoms with Crippen molar-refractivity contribution in [3.63, 3.8) is 0 Å². The van der Waals surface area contributed by atoms with Crippen molar-refractivity contribution in [3.05, 3.63) is 48.7 Å². The van der Waals surface area contributed by atoms with Gasteiger partial charge in [0, 0.05) is 11.7 Å². The third-order valence-electron chi connectivity index (χ3n) is 4.01. The molecule has 0 bridgehead atoms. The van der Waals surface area contributed by atoms with Crippen molar-refractivity contribution in [3.8, 4) is 0 Å². The third-order valence-corrected chi connectivity index (χ3v) is 4.01. The van der Waals surface area contributed by atoms with E-state index in [-0.39, 0.29) is 6.03 Å². The van der Waals surface area contributed by atoms with Crippen LogP contribution >= 0.6 is 0 Å². The number of urea groups is 1. The molecule has 1 aliphatic rings. The van der Waals surface area contributed by atoms with E-state index in [1.165, 1.54) is 19.3 Å². The number of anilines is 3. The first kappa shape index (κ1) is 15.3. The zero-order valence-electron chi connectivity index (χ0n) is 13.1. The van der Waals surface area contributed by atoms with Crippen LogP contribution in [0.2, 0.25) is 0 Å². The van der Waals surface area contributed by atoms with Gasteiger partial charge in [-0.15, -0.1) is 0 Å². The Balaban J connectivity index is 1.51. The zero-order chi connectivity index (χ0) is 15.9. The standard InChI is InChI=1S/C18H22N4O/c23-18(21-15-9-5-2-6-10-15)22-16-11-12-17(19-13-16)20-14-7-3-1-4-8-14/h1,3-4,7-8,11-13,15H,2,5-6,9-10H2,(H,19,20)(H2,21,22,23). The topological polar surface area (TPSA) is 66.0 Å². The summed E-state index contributed by atoms with van der Waals surface area (Å²) in [5.41, 5.74) is 1.67. The number of nitrogens with one attached hydrogen (secondary N) is 3. The molecule has 5 heteroatoms. The number of hydrogen-bond donors (Lipinski definition) is 3. The minimum atomic E-state index is -0.150. The van der Waals surface area contributed by atoms with E-state index >= 15 is 0 Å². The lowest BCUT2D eigenvalue weighted by molar-refractivity contribution is 0.244. The van der Waals surface area contributed by atoms with Crippen molar-refractivity contribution >= 4 is 23.2 Å². The summed E-state index contributed by atoms with van der Waals surface area (Å²) < 4.78 is 0. The molecule has 1 aromatic heterocycles. The monoisotopic (exact) mass is 310 g/mol. The third kappa shape index (κ3) is 4.71. The average molecular weight is 310 g/mol. The molecule has 0 saturated heterocycles. The molecule has 0 aliphatic heterocycles. The highest BCUT2D eigenvalue weighted by Crippen LogP contribution is 2.18. The predicted octanol–water partition coefficient (Wildman–Crippen LogP) is 4.28. The van der Waals surface area contributed by atoms with Crippen LogP contribution in [-0.4, -0.2) is 17.1 Å². The number of benzene rings is 1. The fourth-order valence-electron chi connectivity index (χ4n) is 2.81. The van der Waals surface area contributed by atoms with Crippen molar-refractivity contribution in [1.82, 2.24) is 10.3 Å². The minimum absolute atomic E-state index is 0.150. The Morgan fingerprint density at radius 2 is 1.74 bits per heavy atom. The minimum Gasteiger partial charge on any atom is -0.340 e. The molecule has 1 fully saturated rings. The van der Waals surface area contributed by atoms with E-state index in [4.69, 9.17) is 0 Å². The quantitative estimate of drug-likeness (QED) is 0.789. The molecule has 3 rings (SSSR count). The van der Waals surface area contributed by atoms with E-state index < -0.39 is 0 Å². The smallest absolute Gasteiger partial charge is 0.319 e. The second-order valence-electron chi connectivity index (χ2n) is 5.86. The predicted molar refractivity (Wildman–Crippen MR) is 93.0 cm³/mol. The van der Waals surface area contributed by atoms with Gasteiger partial charge in [-0.05, 0) is 37.1 Å². The van der Waals surface area contributed by atoms with Gasteiger partial charge in [0.25, 0.3) is 0 Å². The molecule has 0 spiro atoms. The largest absolute Gasteiger partial charge is 0.340 e. The lowest BCUT2D eigenvalue weighted by Crippen LogP contribution is -2.39. The molecular weight excluding hydrogens is 288 g/mol. The van der Waals surface area contributed by atoms with Crippen LogP contribution in [0.4, 0.5) is 22.0 Å². The molecule has 5 nitrogen and oxygen atoms in total. The van der Waals surface area contributed by atoms with Crippen molar-refractivity contribution in [2.24, 2.45) is 0 Å². The second kappa shape index (κ2) is 7.63. The van der Waals surface area contributed by atoms with Crippen LogP contribution in [0.5, 0.6) is 0 Å². The van der Waals surface area contributed by atoms with Crippen molar-refractivity contribution in [2.45, 2.75) is 38.1 Å². The first-order chi connectivity index (χ1) is 11.3. The Kier molecular flexibility index (Phi) is 5.09. The second-order valence-corrected chi connectivity index (χ2v) is 5.86. The number of rotatable bonds is 4. The summed E-state index contributed by atoms with van der Waals surface area (Å²) in [6.07, 6.45) is 7.49. The van der Waals surface area contributed by atoms with Gasteiger partial charge in [0.1, 0.15) is 5.82 Å². The van der Waals surface area contributed by atoms with Crippen LogP contribution in [0.25, 0.3) is 0 Å². The number of aromatic nitrogens is 1. The Hall–Kier alpha value is -2.56. The fraction of sp³-hybridized carbons (Fsp3) is 0.333. The molecule has 0 unspecified atom stereocenters. The highest BCUT2D eigenvalue weighted by Gasteiger charge is 2.15. The summed E-state index contributed by atoms with van der Waals surface area (Å²) in [5, 5.41) is 9.08. The summed E-state index contributed by atoms with van der Waals surface area (Å²) in [6, 6.07) is 13.7. The number of amides is 2. The van der Waals surface area contributed by atoms with E-state index in [1.54, 1.807) is 6.20 Å². The summed E-state index contributed by atoms with van der Waals surface area (Å²) >= 11 is 0. The summed E-state index contributed by atoms with van der Waals surface area (Å²) in [5.74, 6) is 0.745. The Morgan fingerprint density at radius 3 is 2.43 bits per heavy atom. The molecule has 2 aromatic rings. The van der Waals surface area contributed by atoms with Crippen molar-refractivity contribution in [1.29, 1.82) is 0 Å². The maximum Gasteiger partial charge on any atom is 0.319 e. The van der Waals surface area contributed by atoms with E-state index in [2.05, 4.69) is 20.9 Å². The molecule has 1 heterocycles. The van der Waals surface area contributed by atoms with E-state index in [0.29, 0.717) is 11.7 Å². The van der Waals surface area contributed by atoms with E-state index in [9.17, 15) is 4.79 Å². The Morgan fingerprint density at radius 1 is 0.957 bits per heavy atom. The molecule has 3 N–H and O–H groups in total. The number of hydrogen-bond acceptors (Lipinski definition) is 3. The summed E-state index contributed by atoms with van der Waals surface area (Å²) in [7, 11) is 0. The lowest BCUT2D eigenvalue weighted by Gasteiger charge is -2.22. The maximum atomic E-state index is 12.0. The van der Waals surface area contributed by atoms with Crippen LogP contribution in [0.1, 0.15) is 32.1 Å². The molecule has 1 aromatic carbocycles. The van der Waals surface area contributed by atoms with Gasteiger partial charge in [-0.2, -0.15) is 0 Å². The van der Waals surface area contributed by atoms with Gasteiger partial charge < -0.3 is 16.0 Å². The maximum absolute atomic E-state index is 12.0. The molecule has 23 heavy (non-hydrogen) atoms. The van der Waals surface area contributed by atoms with Gasteiger partial charge >= 0.3 is 6.03 Å². The SMILES string of the molecule is O=C(Nc1ccc(Nc2ccccc2)nc1)NC1CCCCC1. The van der Waals surface area contributed by atoms with Crippen LogP contribution in [-0.2, 0) is 0 Å². The van der Waals surface area contributed by atoms with Gasteiger partial charge in [0.05, 0.1) is 11.9 Å². The molecule has 120 valence electrons. The van der Waals surface area contributed by atoms with Crippen molar-refractivity contribution < 1.29 is 4.79 Å². The van der Waals surface area contributed by atoms with Gasteiger partial charge in [0.2, 0.25) is 0 Å². The highest BCUT2D eigenvalue weighted by atomic mass is 16.2. The number of para-hydroxylation sites is 1. The first-order valence-electron chi connectivity index (χ1n) is 8.15. The van der Waals surface area contributed by atoms with Gasteiger partial charge in [-0.25, -0.2) is 9.78 Å². The van der Waals surface area contributed by atoms with Gasteiger partial charge in [-0.1, -0.05) is 37.5 Å². The molecule has 0 radical (unpaired) electrons. The van der Waals surface area contributed by atoms with Crippen LogP contribution < -0.4 is 16.0 Å². The summed E-state index contributed by atoms with van der Waals surface area (Å²) in [6.45, 7) is 0. The zero-order valence-corrected chi connectivity index (χ0v) is 13.1.